The van der Waals surface area contributed by atoms with Gasteiger partial charge in [0.05, 0.1) is 12.6 Å². The zero-order valence-corrected chi connectivity index (χ0v) is 21.1. The van der Waals surface area contributed by atoms with E-state index in [9.17, 15) is 18.3 Å². The number of methoxy groups -OCH3 is 1. The highest BCUT2D eigenvalue weighted by molar-refractivity contribution is 5.84. The van der Waals surface area contributed by atoms with Crippen molar-refractivity contribution in [3.8, 4) is 11.5 Å². The molecule has 0 radical (unpaired) electrons. The first-order valence-electron chi connectivity index (χ1n) is 12.4. The number of aliphatic hydroxyl groups is 1. The number of aliphatic hydroxyl groups excluding tert-OH is 1. The van der Waals surface area contributed by atoms with E-state index in [1.54, 1.807) is 19.4 Å². The third-order valence-electron chi connectivity index (χ3n) is 7.43. The van der Waals surface area contributed by atoms with Crippen molar-refractivity contribution in [2.75, 3.05) is 40.0 Å². The molecule has 2 aromatic carbocycles. The summed E-state index contributed by atoms with van der Waals surface area (Å²) < 4.78 is 66.7. The molecule has 3 aromatic rings. The molecule has 0 saturated carbocycles. The van der Waals surface area contributed by atoms with Crippen LogP contribution < -0.4 is 9.47 Å². The fraction of sp³-hybridized carbons (Fsp3) is 0.464. The van der Waals surface area contributed by atoms with Gasteiger partial charge in [-0.15, -0.1) is 0 Å². The van der Waals surface area contributed by atoms with E-state index in [2.05, 4.69) is 9.88 Å². The second kappa shape index (κ2) is 11.6. The van der Waals surface area contributed by atoms with Gasteiger partial charge >= 0.3 is 0 Å². The van der Waals surface area contributed by atoms with Crippen molar-refractivity contribution in [3.63, 3.8) is 0 Å². The van der Waals surface area contributed by atoms with E-state index < -0.39 is 34.8 Å². The Bertz CT molecular complexity index is 1230. The van der Waals surface area contributed by atoms with Crippen LogP contribution in [-0.4, -0.2) is 54.9 Å². The Hall–Kier alpha value is -2.91. The maximum absolute atomic E-state index is 15.7. The van der Waals surface area contributed by atoms with Gasteiger partial charge in [0.1, 0.15) is 24.3 Å². The lowest BCUT2D eigenvalue weighted by atomic mass is 9.74. The number of hydrogen-bond donors (Lipinski definition) is 1. The molecule has 0 bridgehead atoms. The van der Waals surface area contributed by atoms with Gasteiger partial charge in [0, 0.05) is 36.9 Å². The molecule has 1 atom stereocenters. The predicted molar refractivity (Wildman–Crippen MR) is 133 cm³/mol. The molecule has 9 heteroatoms. The molecule has 200 valence electrons. The number of piperidine rings is 1. The van der Waals surface area contributed by atoms with Crippen LogP contribution in [-0.2, 0) is 0 Å². The number of nitrogens with zero attached hydrogens (tertiary/aromatic N) is 2. The molecule has 4 rings (SSSR count). The average Bonchev–Trinajstić information content (AvgIpc) is 2.90. The van der Waals surface area contributed by atoms with Gasteiger partial charge < -0.3 is 14.6 Å². The Morgan fingerprint density at radius 2 is 1.89 bits per heavy atom. The Balaban J connectivity index is 1.33. The highest BCUT2D eigenvalue weighted by Gasteiger charge is 2.35. The van der Waals surface area contributed by atoms with Crippen LogP contribution >= 0.6 is 0 Å². The summed E-state index contributed by atoms with van der Waals surface area (Å²) >= 11 is 0. The monoisotopic (exact) mass is 520 g/mol. The number of hydrogen-bond acceptors (Lipinski definition) is 5. The first-order chi connectivity index (χ1) is 17.7. The lowest BCUT2D eigenvalue weighted by molar-refractivity contribution is 0.0264. The van der Waals surface area contributed by atoms with E-state index in [1.807, 2.05) is 19.1 Å². The number of pyridine rings is 1. The van der Waals surface area contributed by atoms with Crippen molar-refractivity contribution in [1.82, 2.24) is 9.88 Å². The van der Waals surface area contributed by atoms with Crippen LogP contribution in [0.5, 0.6) is 11.5 Å². The van der Waals surface area contributed by atoms with Gasteiger partial charge in [-0.3, -0.25) is 9.88 Å². The van der Waals surface area contributed by atoms with Crippen molar-refractivity contribution in [1.29, 1.82) is 0 Å². The second-order valence-electron chi connectivity index (χ2n) is 9.79. The first kappa shape index (κ1) is 27.1. The Morgan fingerprint density at radius 3 is 2.59 bits per heavy atom. The smallest absolute Gasteiger partial charge is 0.200 e. The molecule has 1 aromatic heterocycles. The molecule has 0 spiro atoms. The lowest BCUT2D eigenvalue weighted by Crippen LogP contribution is -2.43. The zero-order chi connectivity index (χ0) is 26.6. The van der Waals surface area contributed by atoms with Gasteiger partial charge in [0.25, 0.3) is 0 Å². The number of benzene rings is 2. The summed E-state index contributed by atoms with van der Waals surface area (Å²) in [4.78, 5) is 6.49. The highest BCUT2D eigenvalue weighted by Crippen LogP contribution is 2.41. The Morgan fingerprint density at radius 1 is 1.14 bits per heavy atom. The quantitative estimate of drug-likeness (QED) is 0.266. The van der Waals surface area contributed by atoms with Gasteiger partial charge in [-0.25, -0.2) is 13.2 Å². The number of likely N-dealkylation sites (tertiary alicyclic amines) is 1. The molecule has 5 nitrogen and oxygen atoms in total. The molecule has 37 heavy (non-hydrogen) atoms. The zero-order valence-electron chi connectivity index (χ0n) is 21.1. The minimum Gasteiger partial charge on any atom is -0.497 e. The third-order valence-corrected chi connectivity index (χ3v) is 7.43. The highest BCUT2D eigenvalue weighted by atomic mass is 19.2. The molecule has 1 aliphatic heterocycles. The summed E-state index contributed by atoms with van der Waals surface area (Å²) in [6.45, 7) is 3.61. The Kier molecular flexibility index (Phi) is 8.54. The molecular weight excluding hydrogens is 488 g/mol. The number of alkyl halides is 1. The van der Waals surface area contributed by atoms with Crippen LogP contribution in [0.2, 0.25) is 0 Å². The van der Waals surface area contributed by atoms with Crippen LogP contribution in [0.15, 0.2) is 36.5 Å². The van der Waals surface area contributed by atoms with E-state index in [0.717, 1.165) is 17.0 Å². The standard InChI is InChI=1S/C28H32F4N2O3/c1-18-16-33-24-4-3-20(36-2)15-21(24)26(18)22(30)5-6-28(17-35)7-9-34(10-8-28)11-12-37-25-14-19(29)13-23(31)27(25)32/h3-4,13-16,22,35H,5-12,17H2,1-2H3. The van der Waals surface area contributed by atoms with Gasteiger partial charge in [-0.2, -0.15) is 4.39 Å². The molecular formula is C28H32F4N2O3. The number of halogens is 4. The maximum atomic E-state index is 15.7. The molecule has 0 amide bonds. The molecule has 2 heterocycles. The number of fused-ring (bicyclic) bond motifs is 1. The van der Waals surface area contributed by atoms with Crippen molar-refractivity contribution in [2.45, 2.75) is 38.8 Å². The summed E-state index contributed by atoms with van der Waals surface area (Å²) in [5.74, 6) is -3.22. The summed E-state index contributed by atoms with van der Waals surface area (Å²) in [5.41, 5.74) is 1.69. The first-order valence-corrected chi connectivity index (χ1v) is 12.4. The summed E-state index contributed by atoms with van der Waals surface area (Å²) in [5, 5.41) is 10.9. The molecule has 0 aliphatic carbocycles. The average molecular weight is 521 g/mol. The van der Waals surface area contributed by atoms with Crippen LogP contribution in [0.3, 0.4) is 0 Å². The van der Waals surface area contributed by atoms with Gasteiger partial charge in [-0.1, -0.05) is 0 Å². The number of aromatic nitrogens is 1. The van der Waals surface area contributed by atoms with E-state index in [4.69, 9.17) is 9.47 Å². The van der Waals surface area contributed by atoms with Crippen molar-refractivity contribution < 1.29 is 32.1 Å². The Labute approximate surface area is 214 Å². The maximum Gasteiger partial charge on any atom is 0.200 e. The van der Waals surface area contributed by atoms with Crippen molar-refractivity contribution in [3.05, 3.63) is 65.1 Å². The molecule has 1 N–H and O–H groups in total. The van der Waals surface area contributed by atoms with Crippen LogP contribution in [0.4, 0.5) is 17.6 Å². The van der Waals surface area contributed by atoms with Crippen molar-refractivity contribution in [2.24, 2.45) is 5.41 Å². The number of aryl methyl sites for hydroxylation is 1. The lowest BCUT2D eigenvalue weighted by Gasteiger charge is -2.41. The fourth-order valence-corrected chi connectivity index (χ4v) is 5.07. The molecule has 1 saturated heterocycles. The number of ether oxygens (including phenoxy) is 2. The van der Waals surface area contributed by atoms with Crippen LogP contribution in [0, 0.1) is 29.8 Å². The largest absolute Gasteiger partial charge is 0.497 e. The molecule has 1 fully saturated rings. The number of rotatable bonds is 10. The van der Waals surface area contributed by atoms with Gasteiger partial charge in [0.2, 0.25) is 5.82 Å². The topological polar surface area (TPSA) is 54.8 Å². The summed E-state index contributed by atoms with van der Waals surface area (Å²) in [6.07, 6.45) is 2.60. The molecule has 1 unspecified atom stereocenters. The summed E-state index contributed by atoms with van der Waals surface area (Å²) in [7, 11) is 1.57. The van der Waals surface area contributed by atoms with Gasteiger partial charge in [0.15, 0.2) is 11.6 Å². The second-order valence-corrected chi connectivity index (χ2v) is 9.79. The van der Waals surface area contributed by atoms with Gasteiger partial charge in [-0.05, 0) is 80.4 Å². The minimum atomic E-state index is -1.29. The van der Waals surface area contributed by atoms with E-state index >= 15 is 4.39 Å². The van der Waals surface area contributed by atoms with E-state index in [1.165, 1.54) is 0 Å². The predicted octanol–water partition coefficient (Wildman–Crippen LogP) is 5.91. The van der Waals surface area contributed by atoms with E-state index in [-0.39, 0.29) is 19.6 Å². The molecule has 1 aliphatic rings. The van der Waals surface area contributed by atoms with E-state index in [0.29, 0.717) is 61.8 Å². The third kappa shape index (κ3) is 6.15. The van der Waals surface area contributed by atoms with Crippen molar-refractivity contribution >= 4 is 10.9 Å². The van der Waals surface area contributed by atoms with Crippen LogP contribution in [0.1, 0.15) is 43.0 Å². The fourth-order valence-electron chi connectivity index (χ4n) is 5.07. The van der Waals surface area contributed by atoms with Crippen LogP contribution in [0.25, 0.3) is 10.9 Å². The summed E-state index contributed by atoms with van der Waals surface area (Å²) in [6, 6.07) is 6.72. The normalized spacial score (nSPS) is 16.6. The SMILES string of the molecule is COc1ccc2ncc(C)c(C(F)CCC3(CO)CCN(CCOc4cc(F)cc(F)c4F)CC3)c2c1. The minimum absolute atomic E-state index is 0.0399.